The molecule has 1 aliphatic rings. The van der Waals surface area contributed by atoms with Crippen LogP contribution in [0.1, 0.15) is 5.56 Å². The van der Waals surface area contributed by atoms with E-state index in [1.54, 1.807) is 0 Å². The van der Waals surface area contributed by atoms with E-state index in [0.29, 0.717) is 5.56 Å². The summed E-state index contributed by atoms with van der Waals surface area (Å²) in [6, 6.07) is 3.92. The fourth-order valence-electron chi connectivity index (χ4n) is 2.71. The molecule has 11 nitrogen and oxygen atoms in total. The molecule has 1 saturated heterocycles. The van der Waals surface area contributed by atoms with Gasteiger partial charge in [0.2, 0.25) is 0 Å². The molecule has 1 aromatic carbocycles. The maximum Gasteiger partial charge on any atom is 0.331 e. The van der Waals surface area contributed by atoms with Crippen LogP contribution in [0.2, 0.25) is 0 Å². The highest BCUT2D eigenvalue weighted by Crippen LogP contribution is 2.25. The van der Waals surface area contributed by atoms with Crippen LogP contribution in [-0.2, 0) is 19.0 Å². The van der Waals surface area contributed by atoms with Crippen LogP contribution < -0.4 is 0 Å². The topological polar surface area (TPSA) is 186 Å². The van der Waals surface area contributed by atoms with Crippen molar-refractivity contribution >= 4 is 12.0 Å². The molecule has 1 aromatic rings. The van der Waals surface area contributed by atoms with Crippen LogP contribution in [0.5, 0.6) is 11.5 Å². The number of hydrogen-bond acceptors (Lipinski definition) is 11. The summed E-state index contributed by atoms with van der Waals surface area (Å²) in [5, 5.41) is 66.9. The van der Waals surface area contributed by atoms with E-state index in [2.05, 4.69) is 6.58 Å². The SMILES string of the molecule is C=C(CO)C(COC1OC(CO)C(O)C(O)C1O)OC(=O)C=Cc1ccc(O)c(O)c1. The summed E-state index contributed by atoms with van der Waals surface area (Å²) >= 11 is 0. The zero-order valence-corrected chi connectivity index (χ0v) is 16.4. The quantitative estimate of drug-likeness (QED) is 0.101. The van der Waals surface area contributed by atoms with Crippen molar-refractivity contribution in [1.29, 1.82) is 0 Å². The largest absolute Gasteiger partial charge is 0.504 e. The van der Waals surface area contributed by atoms with Crippen molar-refractivity contribution in [3.05, 3.63) is 42.0 Å². The predicted molar refractivity (Wildman–Crippen MR) is 105 cm³/mol. The molecule has 0 spiro atoms. The van der Waals surface area contributed by atoms with Crippen molar-refractivity contribution in [1.82, 2.24) is 0 Å². The average Bonchev–Trinajstić information content (AvgIpc) is 2.76. The smallest absolute Gasteiger partial charge is 0.331 e. The number of phenols is 2. The van der Waals surface area contributed by atoms with Gasteiger partial charge in [-0.15, -0.1) is 0 Å². The summed E-state index contributed by atoms with van der Waals surface area (Å²) in [6.07, 6.45) is -6.24. The van der Waals surface area contributed by atoms with Crippen LogP contribution in [-0.4, -0.2) is 98.3 Å². The highest BCUT2D eigenvalue weighted by molar-refractivity contribution is 5.87. The number of carbonyl (C=O) groups is 1. The van der Waals surface area contributed by atoms with Crippen molar-refractivity contribution in [2.45, 2.75) is 36.8 Å². The van der Waals surface area contributed by atoms with Crippen LogP contribution in [0.15, 0.2) is 36.4 Å². The van der Waals surface area contributed by atoms with Gasteiger partial charge in [-0.05, 0) is 29.3 Å². The van der Waals surface area contributed by atoms with E-state index in [-0.39, 0.29) is 17.1 Å². The van der Waals surface area contributed by atoms with Crippen molar-refractivity contribution in [2.24, 2.45) is 0 Å². The molecule has 0 aromatic heterocycles. The number of carbonyl (C=O) groups excluding carboxylic acids is 1. The Kier molecular flexibility index (Phi) is 8.95. The fraction of sp³-hybridized carbons (Fsp3) is 0.450. The lowest BCUT2D eigenvalue weighted by atomic mass is 9.99. The lowest BCUT2D eigenvalue weighted by molar-refractivity contribution is -0.304. The third kappa shape index (κ3) is 6.48. The van der Waals surface area contributed by atoms with Gasteiger partial charge in [-0.1, -0.05) is 12.6 Å². The molecule has 0 bridgehead atoms. The Morgan fingerprint density at radius 2 is 1.84 bits per heavy atom. The second kappa shape index (κ2) is 11.2. The number of esters is 1. The minimum absolute atomic E-state index is 0.0774. The molecule has 172 valence electrons. The Labute approximate surface area is 177 Å². The Bertz CT molecular complexity index is 791. The molecule has 1 aliphatic heterocycles. The predicted octanol–water partition coefficient (Wildman–Crippen LogP) is -1.61. The molecule has 6 atom stereocenters. The maximum absolute atomic E-state index is 12.1. The standard InChI is InChI=1S/C20H26O11/c1-10(7-21)15(9-29-20-19(28)18(27)17(26)14(8-22)31-20)30-16(25)5-3-11-2-4-12(23)13(24)6-11/h2-6,14-15,17-24,26-28H,1,7-9H2. The summed E-state index contributed by atoms with van der Waals surface area (Å²) in [6.45, 7) is 2.00. The molecule has 2 rings (SSSR count). The first-order valence-electron chi connectivity index (χ1n) is 9.29. The van der Waals surface area contributed by atoms with E-state index in [4.69, 9.17) is 14.2 Å². The molecule has 31 heavy (non-hydrogen) atoms. The molecule has 0 aliphatic carbocycles. The highest BCUT2D eigenvalue weighted by atomic mass is 16.7. The number of benzene rings is 1. The zero-order valence-electron chi connectivity index (χ0n) is 16.4. The maximum atomic E-state index is 12.1. The summed E-state index contributed by atoms with van der Waals surface area (Å²) in [5.74, 6) is -1.52. The number of ether oxygens (including phenoxy) is 3. The van der Waals surface area contributed by atoms with Crippen molar-refractivity contribution < 1.29 is 54.8 Å². The van der Waals surface area contributed by atoms with Crippen molar-refractivity contribution in [3.8, 4) is 11.5 Å². The number of rotatable bonds is 9. The molecule has 1 fully saturated rings. The molecule has 7 N–H and O–H groups in total. The molecular formula is C20H26O11. The summed E-state index contributed by atoms with van der Waals surface area (Å²) in [4.78, 5) is 12.1. The molecular weight excluding hydrogens is 416 g/mol. The lowest BCUT2D eigenvalue weighted by Gasteiger charge is -2.39. The molecule has 1 heterocycles. The van der Waals surface area contributed by atoms with Gasteiger partial charge in [-0.25, -0.2) is 4.79 Å². The number of phenolic OH excluding ortho intramolecular Hbond substituents is 2. The van der Waals surface area contributed by atoms with Crippen LogP contribution >= 0.6 is 0 Å². The van der Waals surface area contributed by atoms with Gasteiger partial charge in [-0.3, -0.25) is 0 Å². The van der Waals surface area contributed by atoms with Crippen LogP contribution in [0.25, 0.3) is 6.08 Å². The number of aromatic hydroxyl groups is 2. The second-order valence-corrected chi connectivity index (χ2v) is 6.85. The Morgan fingerprint density at radius 1 is 1.13 bits per heavy atom. The summed E-state index contributed by atoms with van der Waals surface area (Å²) in [5.41, 5.74) is 0.482. The fourth-order valence-corrected chi connectivity index (χ4v) is 2.71. The third-order valence-corrected chi connectivity index (χ3v) is 4.59. The van der Waals surface area contributed by atoms with E-state index in [9.17, 15) is 40.5 Å². The van der Waals surface area contributed by atoms with Crippen molar-refractivity contribution in [3.63, 3.8) is 0 Å². The first kappa shape index (κ1) is 24.8. The second-order valence-electron chi connectivity index (χ2n) is 6.85. The Morgan fingerprint density at radius 3 is 2.45 bits per heavy atom. The first-order valence-corrected chi connectivity index (χ1v) is 9.29. The number of hydrogen-bond donors (Lipinski definition) is 7. The van der Waals surface area contributed by atoms with Gasteiger partial charge >= 0.3 is 5.97 Å². The monoisotopic (exact) mass is 442 g/mol. The van der Waals surface area contributed by atoms with Crippen LogP contribution in [0.3, 0.4) is 0 Å². The molecule has 6 unspecified atom stereocenters. The van der Waals surface area contributed by atoms with E-state index in [0.717, 1.165) is 6.08 Å². The van der Waals surface area contributed by atoms with Gasteiger partial charge in [0.15, 0.2) is 17.8 Å². The van der Waals surface area contributed by atoms with Gasteiger partial charge in [0.25, 0.3) is 0 Å². The van der Waals surface area contributed by atoms with Crippen molar-refractivity contribution in [2.75, 3.05) is 19.8 Å². The van der Waals surface area contributed by atoms with E-state index >= 15 is 0 Å². The van der Waals surface area contributed by atoms with Crippen LogP contribution in [0.4, 0.5) is 0 Å². The van der Waals surface area contributed by atoms with E-state index < -0.39 is 62.6 Å². The normalized spacial score (nSPS) is 27.2. The highest BCUT2D eigenvalue weighted by Gasteiger charge is 2.44. The molecule has 0 saturated carbocycles. The van der Waals surface area contributed by atoms with Crippen LogP contribution in [0, 0.1) is 0 Å². The van der Waals surface area contributed by atoms with Gasteiger partial charge in [0.1, 0.15) is 30.5 Å². The number of aliphatic hydroxyl groups is 5. The zero-order chi connectivity index (χ0) is 23.1. The van der Waals surface area contributed by atoms with Gasteiger partial charge < -0.3 is 50.0 Å². The molecule has 11 heteroatoms. The summed E-state index contributed by atoms with van der Waals surface area (Å²) in [7, 11) is 0. The minimum Gasteiger partial charge on any atom is -0.504 e. The molecule has 0 amide bonds. The minimum atomic E-state index is -1.64. The Balaban J connectivity index is 2.00. The average molecular weight is 442 g/mol. The number of aliphatic hydroxyl groups excluding tert-OH is 5. The molecule has 0 radical (unpaired) electrons. The van der Waals surface area contributed by atoms with E-state index in [1.807, 2.05) is 0 Å². The first-order chi connectivity index (χ1) is 14.7. The third-order valence-electron chi connectivity index (χ3n) is 4.59. The lowest BCUT2D eigenvalue weighted by Crippen LogP contribution is -2.59. The Hall–Kier alpha value is -2.51. The van der Waals surface area contributed by atoms with Gasteiger partial charge in [0.05, 0.1) is 19.8 Å². The summed E-state index contributed by atoms with van der Waals surface area (Å²) < 4.78 is 15.7. The van der Waals surface area contributed by atoms with Gasteiger partial charge in [0, 0.05) is 6.08 Å². The van der Waals surface area contributed by atoms with Gasteiger partial charge in [-0.2, -0.15) is 0 Å². The van der Waals surface area contributed by atoms with E-state index in [1.165, 1.54) is 24.3 Å².